The monoisotopic (exact) mass is 594 g/mol. The maximum Gasteiger partial charge on any atom is 0.0491 e. The molecule has 0 atom stereocenters. The highest BCUT2D eigenvalue weighted by Crippen LogP contribution is 2.33. The van der Waals surface area contributed by atoms with Crippen molar-refractivity contribution in [2.45, 2.75) is 39.8 Å². The standard InChI is InChI=1S/C44H38N2/c1-3-45-41-11-7-5-9-37(41)39-29-33(21-27-43(39)45)15-13-31-17-23-35(24-18-31)36-25-19-32(20-26-36)14-16-34-22-28-44-40(30-34)38-10-6-8-12-42(38)46(44)4-2/h5-7,9-11,13-30H,3-4,8,12H2,1-2H3/b15-13+,16-14-. The van der Waals surface area contributed by atoms with E-state index in [1.54, 1.807) is 0 Å². The molecule has 1 aliphatic rings. The molecule has 1 aliphatic carbocycles. The van der Waals surface area contributed by atoms with Crippen LogP contribution in [0.3, 0.4) is 0 Å². The van der Waals surface area contributed by atoms with Crippen LogP contribution >= 0.6 is 0 Å². The van der Waals surface area contributed by atoms with Crippen LogP contribution in [0.1, 0.15) is 53.8 Å². The number of benzene rings is 5. The van der Waals surface area contributed by atoms with Crippen LogP contribution < -0.4 is 0 Å². The number of rotatable bonds is 7. The molecule has 0 saturated carbocycles. The molecule has 8 rings (SSSR count). The van der Waals surface area contributed by atoms with E-state index in [-0.39, 0.29) is 0 Å². The van der Waals surface area contributed by atoms with Crippen molar-refractivity contribution >= 4 is 63.1 Å². The summed E-state index contributed by atoms with van der Waals surface area (Å²) in [4.78, 5) is 0. The second-order valence-corrected chi connectivity index (χ2v) is 12.3. The van der Waals surface area contributed by atoms with E-state index in [4.69, 9.17) is 0 Å². The van der Waals surface area contributed by atoms with Crippen molar-refractivity contribution in [3.63, 3.8) is 0 Å². The zero-order valence-corrected chi connectivity index (χ0v) is 26.6. The van der Waals surface area contributed by atoms with Crippen molar-refractivity contribution in [1.82, 2.24) is 9.13 Å². The van der Waals surface area contributed by atoms with Crippen molar-refractivity contribution in [1.29, 1.82) is 0 Å². The average molecular weight is 595 g/mol. The lowest BCUT2D eigenvalue weighted by Crippen LogP contribution is -2.02. The van der Waals surface area contributed by atoms with Crippen LogP contribution in [0, 0.1) is 0 Å². The predicted octanol–water partition coefficient (Wildman–Crippen LogP) is 11.8. The van der Waals surface area contributed by atoms with Crippen LogP contribution in [0.25, 0.3) is 74.2 Å². The lowest BCUT2D eigenvalue weighted by Gasteiger charge is -2.10. The van der Waals surface area contributed by atoms with Crippen molar-refractivity contribution < 1.29 is 0 Å². The summed E-state index contributed by atoms with van der Waals surface area (Å²) in [5, 5.41) is 4.00. The fraction of sp³-hybridized carbons (Fsp3) is 0.136. The second-order valence-electron chi connectivity index (χ2n) is 12.3. The highest BCUT2D eigenvalue weighted by molar-refractivity contribution is 6.08. The third kappa shape index (κ3) is 5.01. The van der Waals surface area contributed by atoms with E-state index in [1.807, 2.05) is 0 Å². The highest BCUT2D eigenvalue weighted by Gasteiger charge is 2.16. The molecule has 2 heterocycles. The van der Waals surface area contributed by atoms with Gasteiger partial charge >= 0.3 is 0 Å². The van der Waals surface area contributed by atoms with Gasteiger partial charge in [0, 0.05) is 57.1 Å². The van der Waals surface area contributed by atoms with Gasteiger partial charge in [-0.05, 0) is 90.4 Å². The number of allylic oxidation sites excluding steroid dienone is 1. The van der Waals surface area contributed by atoms with E-state index in [2.05, 4.69) is 169 Å². The Kier molecular flexibility index (Phi) is 7.27. The van der Waals surface area contributed by atoms with E-state index in [9.17, 15) is 0 Å². The minimum atomic E-state index is 0.968. The van der Waals surface area contributed by atoms with Crippen molar-refractivity contribution in [2.24, 2.45) is 0 Å². The first-order valence-corrected chi connectivity index (χ1v) is 16.6. The Hall–Kier alpha value is -5.34. The van der Waals surface area contributed by atoms with Gasteiger partial charge in [0.2, 0.25) is 0 Å². The lowest BCUT2D eigenvalue weighted by atomic mass is 10.0. The molecule has 224 valence electrons. The Morgan fingerprint density at radius 1 is 0.522 bits per heavy atom. The van der Waals surface area contributed by atoms with E-state index in [0.29, 0.717) is 0 Å². The number of hydrogen-bond acceptors (Lipinski definition) is 0. The van der Waals surface area contributed by atoms with Gasteiger partial charge in [-0.2, -0.15) is 0 Å². The predicted molar refractivity (Wildman–Crippen MR) is 200 cm³/mol. The maximum atomic E-state index is 2.48. The molecular weight excluding hydrogens is 556 g/mol. The first-order chi connectivity index (χ1) is 22.7. The van der Waals surface area contributed by atoms with Gasteiger partial charge in [-0.25, -0.2) is 0 Å². The quantitative estimate of drug-likeness (QED) is 0.162. The topological polar surface area (TPSA) is 9.86 Å². The highest BCUT2D eigenvalue weighted by atomic mass is 15.0. The largest absolute Gasteiger partial charge is 0.344 e. The molecule has 0 saturated heterocycles. The van der Waals surface area contributed by atoms with Crippen LogP contribution in [0.2, 0.25) is 0 Å². The van der Waals surface area contributed by atoms with E-state index >= 15 is 0 Å². The molecule has 7 aromatic rings. The SMILES string of the molecule is CCn1c2c(c3cc(/C=C\c4ccc(-c5ccc(/C=C/c6ccc7c(c6)c6ccccc6n7CC)cc5)cc4)ccc31)C=CCC2. The van der Waals surface area contributed by atoms with Crippen LogP contribution in [0.15, 0.2) is 115 Å². The molecule has 0 aliphatic heterocycles. The molecule has 0 fully saturated rings. The Labute approximate surface area is 271 Å². The molecule has 0 N–H and O–H groups in total. The molecule has 0 unspecified atom stereocenters. The fourth-order valence-corrected chi connectivity index (χ4v) is 7.27. The van der Waals surface area contributed by atoms with Gasteiger partial charge in [-0.15, -0.1) is 0 Å². The van der Waals surface area contributed by atoms with Gasteiger partial charge in [0.25, 0.3) is 0 Å². The first-order valence-electron chi connectivity index (χ1n) is 16.6. The summed E-state index contributed by atoms with van der Waals surface area (Å²) in [6.45, 7) is 6.45. The second kappa shape index (κ2) is 11.9. The molecular formula is C44H38N2. The van der Waals surface area contributed by atoms with Crippen LogP contribution in [0.4, 0.5) is 0 Å². The van der Waals surface area contributed by atoms with Crippen molar-refractivity contribution in [3.8, 4) is 11.1 Å². The van der Waals surface area contributed by atoms with Crippen LogP contribution in [-0.4, -0.2) is 9.13 Å². The molecule has 2 nitrogen and oxygen atoms in total. The maximum absolute atomic E-state index is 2.48. The summed E-state index contributed by atoms with van der Waals surface area (Å²) in [6.07, 6.45) is 15.8. The zero-order chi connectivity index (χ0) is 31.0. The van der Waals surface area contributed by atoms with Gasteiger partial charge in [0.05, 0.1) is 0 Å². The van der Waals surface area contributed by atoms with Crippen molar-refractivity contribution in [2.75, 3.05) is 0 Å². The average Bonchev–Trinajstić information content (AvgIpc) is 3.61. The molecule has 2 heteroatoms. The summed E-state index contributed by atoms with van der Waals surface area (Å²) < 4.78 is 4.88. The van der Waals surface area contributed by atoms with E-state index < -0.39 is 0 Å². The Morgan fingerprint density at radius 3 is 1.67 bits per heavy atom. The molecule has 0 spiro atoms. The molecule has 5 aromatic carbocycles. The minimum absolute atomic E-state index is 0.968. The summed E-state index contributed by atoms with van der Waals surface area (Å²) in [7, 11) is 0. The number of fused-ring (bicyclic) bond motifs is 6. The number of para-hydroxylation sites is 1. The van der Waals surface area contributed by atoms with E-state index in [1.165, 1.54) is 77.3 Å². The van der Waals surface area contributed by atoms with Gasteiger partial charge < -0.3 is 9.13 Å². The van der Waals surface area contributed by atoms with Crippen LogP contribution in [-0.2, 0) is 19.5 Å². The molecule has 46 heavy (non-hydrogen) atoms. The zero-order valence-electron chi connectivity index (χ0n) is 26.6. The number of aromatic nitrogens is 2. The van der Waals surface area contributed by atoms with Crippen LogP contribution in [0.5, 0.6) is 0 Å². The smallest absolute Gasteiger partial charge is 0.0491 e. The molecule has 0 bridgehead atoms. The fourth-order valence-electron chi connectivity index (χ4n) is 7.27. The lowest BCUT2D eigenvalue weighted by molar-refractivity contribution is 0.729. The Bertz CT molecular complexity index is 2300. The summed E-state index contributed by atoms with van der Waals surface area (Å²) >= 11 is 0. The Balaban J connectivity index is 0.973. The number of nitrogens with zero attached hydrogens (tertiary/aromatic N) is 2. The summed E-state index contributed by atoms with van der Waals surface area (Å²) in [6, 6.07) is 40.1. The normalized spacial score (nSPS) is 13.2. The summed E-state index contributed by atoms with van der Waals surface area (Å²) in [5.41, 5.74) is 14.1. The third-order valence-electron chi connectivity index (χ3n) is 9.59. The van der Waals surface area contributed by atoms with Gasteiger partial charge in [-0.1, -0.05) is 115 Å². The van der Waals surface area contributed by atoms with Crippen molar-refractivity contribution in [3.05, 3.63) is 149 Å². The van der Waals surface area contributed by atoms with Gasteiger partial charge in [-0.3, -0.25) is 0 Å². The Morgan fingerprint density at radius 2 is 1.04 bits per heavy atom. The summed E-state index contributed by atoms with van der Waals surface area (Å²) in [5.74, 6) is 0. The third-order valence-corrected chi connectivity index (χ3v) is 9.59. The first kappa shape index (κ1) is 28.2. The van der Waals surface area contributed by atoms with E-state index in [0.717, 1.165) is 25.9 Å². The molecule has 0 radical (unpaired) electrons. The molecule has 2 aromatic heterocycles. The van der Waals surface area contributed by atoms with Gasteiger partial charge in [0.15, 0.2) is 0 Å². The number of aryl methyl sites for hydroxylation is 2. The molecule has 0 amide bonds. The minimum Gasteiger partial charge on any atom is -0.344 e. The van der Waals surface area contributed by atoms with Gasteiger partial charge in [0.1, 0.15) is 0 Å². The number of hydrogen-bond donors (Lipinski definition) is 0.